The van der Waals surface area contributed by atoms with Gasteiger partial charge < -0.3 is 5.11 Å². The van der Waals surface area contributed by atoms with Gasteiger partial charge in [0.1, 0.15) is 0 Å². The zero-order valence-electron chi connectivity index (χ0n) is 9.03. The van der Waals surface area contributed by atoms with E-state index < -0.39 is 5.97 Å². The maximum Gasteiger partial charge on any atom is 0.336 e. The number of rotatable bonds is 2. The van der Waals surface area contributed by atoms with Crippen LogP contribution in [0.25, 0.3) is 16.3 Å². The normalized spacial score (nSPS) is 10.3. The zero-order valence-corrected chi connectivity index (χ0v) is 9.03. The van der Waals surface area contributed by atoms with Crippen molar-refractivity contribution in [3.05, 3.63) is 54.1 Å². The summed E-state index contributed by atoms with van der Waals surface area (Å²) < 4.78 is 0. The van der Waals surface area contributed by atoms with E-state index in [1.54, 1.807) is 12.1 Å². The molecule has 80 valence electrons. The first-order chi connectivity index (χ1) is 7.61. The Morgan fingerprint density at radius 1 is 1.06 bits per heavy atom. The molecule has 0 aliphatic heterocycles. The summed E-state index contributed by atoms with van der Waals surface area (Å²) in [6.07, 6.45) is 0. The van der Waals surface area contributed by atoms with Gasteiger partial charge in [-0.05, 0) is 29.3 Å². The van der Waals surface area contributed by atoms with Crippen LogP contribution in [0.4, 0.5) is 0 Å². The first kappa shape index (κ1) is 10.4. The third-order valence-corrected chi connectivity index (χ3v) is 2.61. The first-order valence-electron chi connectivity index (χ1n) is 5.02. The molecular weight excluding hydrogens is 200 g/mol. The van der Waals surface area contributed by atoms with Gasteiger partial charge in [0.05, 0.1) is 5.56 Å². The van der Waals surface area contributed by atoms with Crippen LogP contribution < -0.4 is 0 Å². The standard InChI is InChI=1S/C14H12O2/c1-9(2)10-5-3-7-12-11(10)6-4-8-13(12)14(15)16/h3-8H,1H2,2H3,(H,15,16). The maximum absolute atomic E-state index is 11.1. The summed E-state index contributed by atoms with van der Waals surface area (Å²) in [6.45, 7) is 5.82. The quantitative estimate of drug-likeness (QED) is 0.826. The lowest BCUT2D eigenvalue weighted by atomic mass is 9.97. The van der Waals surface area contributed by atoms with E-state index in [0.717, 1.165) is 21.9 Å². The van der Waals surface area contributed by atoms with Crippen LogP contribution in [-0.2, 0) is 0 Å². The largest absolute Gasteiger partial charge is 0.478 e. The van der Waals surface area contributed by atoms with Gasteiger partial charge in [-0.15, -0.1) is 0 Å². The van der Waals surface area contributed by atoms with E-state index in [4.69, 9.17) is 5.11 Å². The summed E-state index contributed by atoms with van der Waals surface area (Å²) in [7, 11) is 0. The van der Waals surface area contributed by atoms with E-state index >= 15 is 0 Å². The van der Waals surface area contributed by atoms with E-state index in [0.29, 0.717) is 5.56 Å². The van der Waals surface area contributed by atoms with E-state index in [1.807, 2.05) is 31.2 Å². The molecule has 16 heavy (non-hydrogen) atoms. The van der Waals surface area contributed by atoms with Gasteiger partial charge in [0.15, 0.2) is 0 Å². The maximum atomic E-state index is 11.1. The molecule has 0 saturated carbocycles. The second-order valence-corrected chi connectivity index (χ2v) is 3.79. The highest BCUT2D eigenvalue weighted by molar-refractivity contribution is 6.06. The number of fused-ring (bicyclic) bond motifs is 1. The van der Waals surface area contributed by atoms with Crippen LogP contribution in [0, 0.1) is 0 Å². The fraction of sp³-hybridized carbons (Fsp3) is 0.0714. The molecule has 1 N–H and O–H groups in total. The molecule has 0 atom stereocenters. The summed E-state index contributed by atoms with van der Waals surface area (Å²) in [5.74, 6) is -0.899. The number of carboxylic acid groups (broad SMARTS) is 1. The van der Waals surface area contributed by atoms with Crippen molar-refractivity contribution in [3.8, 4) is 0 Å². The Morgan fingerprint density at radius 2 is 1.56 bits per heavy atom. The van der Waals surface area contributed by atoms with Gasteiger partial charge in [-0.1, -0.05) is 42.5 Å². The van der Waals surface area contributed by atoms with E-state index in [-0.39, 0.29) is 0 Å². The topological polar surface area (TPSA) is 37.3 Å². The van der Waals surface area contributed by atoms with Gasteiger partial charge in [-0.25, -0.2) is 4.79 Å². The average molecular weight is 212 g/mol. The number of carbonyl (C=O) groups is 1. The van der Waals surface area contributed by atoms with Crippen molar-refractivity contribution in [2.75, 3.05) is 0 Å². The third-order valence-electron chi connectivity index (χ3n) is 2.61. The van der Waals surface area contributed by atoms with Crippen molar-refractivity contribution in [3.63, 3.8) is 0 Å². The molecule has 0 aliphatic rings. The van der Waals surface area contributed by atoms with Gasteiger partial charge in [-0.3, -0.25) is 0 Å². The fourth-order valence-electron chi connectivity index (χ4n) is 1.87. The zero-order chi connectivity index (χ0) is 11.7. The first-order valence-corrected chi connectivity index (χ1v) is 5.02. The third kappa shape index (κ3) is 1.58. The number of hydrogen-bond donors (Lipinski definition) is 1. The van der Waals surface area contributed by atoms with Gasteiger partial charge in [0.25, 0.3) is 0 Å². The molecular formula is C14H12O2. The van der Waals surface area contributed by atoms with Crippen LogP contribution >= 0.6 is 0 Å². The Hall–Kier alpha value is -2.09. The predicted octanol–water partition coefficient (Wildman–Crippen LogP) is 3.57. The number of allylic oxidation sites excluding steroid dienone is 1. The molecule has 0 fully saturated rings. The molecule has 2 rings (SSSR count). The van der Waals surface area contributed by atoms with Crippen molar-refractivity contribution in [1.29, 1.82) is 0 Å². The second-order valence-electron chi connectivity index (χ2n) is 3.79. The lowest BCUT2D eigenvalue weighted by Crippen LogP contribution is -1.97. The second kappa shape index (κ2) is 3.81. The molecule has 0 unspecified atom stereocenters. The van der Waals surface area contributed by atoms with Crippen LogP contribution in [0.1, 0.15) is 22.8 Å². The summed E-state index contributed by atoms with van der Waals surface area (Å²) in [6, 6.07) is 10.9. The van der Waals surface area contributed by atoms with Crippen LogP contribution in [0.5, 0.6) is 0 Å². The highest BCUT2D eigenvalue weighted by Gasteiger charge is 2.09. The Morgan fingerprint density at radius 3 is 2.06 bits per heavy atom. The van der Waals surface area contributed by atoms with E-state index in [2.05, 4.69) is 6.58 Å². The Labute approximate surface area is 93.8 Å². The SMILES string of the molecule is C=C(C)c1cccc2c(C(=O)O)cccc12. The Balaban J connectivity index is 2.86. The van der Waals surface area contributed by atoms with E-state index in [9.17, 15) is 4.79 Å². The van der Waals surface area contributed by atoms with Gasteiger partial charge in [-0.2, -0.15) is 0 Å². The van der Waals surface area contributed by atoms with Crippen LogP contribution in [0.2, 0.25) is 0 Å². The molecule has 0 amide bonds. The number of hydrogen-bond acceptors (Lipinski definition) is 1. The van der Waals surface area contributed by atoms with Crippen molar-refractivity contribution in [2.24, 2.45) is 0 Å². The lowest BCUT2D eigenvalue weighted by Gasteiger charge is -2.07. The predicted molar refractivity (Wildman–Crippen MR) is 65.6 cm³/mol. The fourth-order valence-corrected chi connectivity index (χ4v) is 1.87. The molecule has 0 aromatic heterocycles. The highest BCUT2D eigenvalue weighted by Crippen LogP contribution is 2.26. The summed E-state index contributed by atoms with van der Waals surface area (Å²) >= 11 is 0. The van der Waals surface area contributed by atoms with Gasteiger partial charge in [0, 0.05) is 0 Å². The molecule has 0 bridgehead atoms. The number of carboxylic acids is 1. The Kier molecular flexibility index (Phi) is 2.49. The average Bonchev–Trinajstić information content (AvgIpc) is 2.27. The molecule has 2 aromatic carbocycles. The summed E-state index contributed by atoms with van der Waals surface area (Å²) in [4.78, 5) is 11.1. The molecule has 2 aromatic rings. The minimum atomic E-state index is -0.899. The molecule has 0 spiro atoms. The highest BCUT2D eigenvalue weighted by atomic mass is 16.4. The van der Waals surface area contributed by atoms with Crippen molar-refractivity contribution >= 4 is 22.3 Å². The van der Waals surface area contributed by atoms with E-state index in [1.165, 1.54) is 0 Å². The molecule has 0 heterocycles. The minimum absolute atomic E-state index is 0.334. The van der Waals surface area contributed by atoms with Crippen molar-refractivity contribution in [2.45, 2.75) is 6.92 Å². The molecule has 0 aliphatic carbocycles. The van der Waals surface area contributed by atoms with Gasteiger partial charge >= 0.3 is 5.97 Å². The molecule has 0 saturated heterocycles. The van der Waals surface area contributed by atoms with Crippen LogP contribution in [0.3, 0.4) is 0 Å². The van der Waals surface area contributed by atoms with Crippen LogP contribution in [0.15, 0.2) is 43.0 Å². The molecule has 0 radical (unpaired) electrons. The van der Waals surface area contributed by atoms with Crippen molar-refractivity contribution in [1.82, 2.24) is 0 Å². The Bertz CT molecular complexity index is 529. The smallest absolute Gasteiger partial charge is 0.336 e. The molecule has 2 heteroatoms. The lowest BCUT2D eigenvalue weighted by molar-refractivity contribution is 0.0699. The monoisotopic (exact) mass is 212 g/mol. The van der Waals surface area contributed by atoms with Crippen molar-refractivity contribution < 1.29 is 9.90 Å². The van der Waals surface area contributed by atoms with Gasteiger partial charge in [0.2, 0.25) is 0 Å². The number of benzene rings is 2. The molecule has 2 nitrogen and oxygen atoms in total. The number of aromatic carboxylic acids is 1. The van der Waals surface area contributed by atoms with Crippen LogP contribution in [-0.4, -0.2) is 11.1 Å². The summed E-state index contributed by atoms with van der Waals surface area (Å²) in [5, 5.41) is 10.8. The summed E-state index contributed by atoms with van der Waals surface area (Å²) in [5.41, 5.74) is 2.27. The minimum Gasteiger partial charge on any atom is -0.478 e.